The van der Waals surface area contributed by atoms with Crippen LogP contribution >= 0.6 is 0 Å². The van der Waals surface area contributed by atoms with Crippen LogP contribution in [-0.4, -0.2) is 55.8 Å². The van der Waals surface area contributed by atoms with E-state index in [4.69, 9.17) is 0 Å². The predicted octanol–water partition coefficient (Wildman–Crippen LogP) is 0.211. The number of Topliss-reactive ketones (excluding diaryl/α,β-unsaturated/α-hetero) is 1. The summed E-state index contributed by atoms with van der Waals surface area (Å²) in [5, 5.41) is 2.70. The first-order valence-corrected chi connectivity index (χ1v) is 6.33. The van der Waals surface area contributed by atoms with E-state index in [1.165, 1.54) is 14.0 Å². The molecule has 6 nitrogen and oxygen atoms in total. The molecule has 110 valence electrons. The molecule has 0 aromatic carbocycles. The monoisotopic (exact) mass is 272 g/mol. The molecule has 19 heavy (non-hydrogen) atoms. The highest BCUT2D eigenvalue weighted by Crippen LogP contribution is 2.02. The third-order valence-corrected chi connectivity index (χ3v) is 2.76. The van der Waals surface area contributed by atoms with Crippen molar-refractivity contribution < 1.29 is 19.1 Å². The predicted molar refractivity (Wildman–Crippen MR) is 71.6 cm³/mol. The lowest BCUT2D eigenvalue weighted by Gasteiger charge is -2.21. The molecule has 0 fully saturated rings. The molecule has 0 rings (SSSR count). The highest BCUT2D eigenvalue weighted by atomic mass is 16.5. The van der Waals surface area contributed by atoms with Crippen LogP contribution in [0.2, 0.25) is 0 Å². The minimum atomic E-state index is -0.457. The smallest absolute Gasteiger partial charge is 0.306 e. The fourth-order valence-corrected chi connectivity index (χ4v) is 1.67. The molecule has 0 spiro atoms. The maximum absolute atomic E-state index is 11.8. The quantitative estimate of drug-likeness (QED) is 0.639. The number of hydrogen-bond donors (Lipinski definition) is 1. The van der Waals surface area contributed by atoms with Crippen LogP contribution in [0, 0.1) is 5.92 Å². The second kappa shape index (κ2) is 8.63. The van der Waals surface area contributed by atoms with E-state index in [1.54, 1.807) is 11.9 Å². The molecule has 1 unspecified atom stereocenters. The maximum Gasteiger partial charge on any atom is 0.306 e. The minimum absolute atomic E-state index is 0.0550. The number of ether oxygens (including phenoxy) is 1. The Labute approximate surface area is 114 Å². The Bertz CT molecular complexity index is 329. The van der Waals surface area contributed by atoms with Crippen molar-refractivity contribution in [2.75, 3.05) is 27.2 Å². The summed E-state index contributed by atoms with van der Waals surface area (Å²) in [5.74, 6) is -0.528. The highest BCUT2D eigenvalue weighted by Gasteiger charge is 2.21. The van der Waals surface area contributed by atoms with Crippen molar-refractivity contribution in [1.82, 2.24) is 10.2 Å². The van der Waals surface area contributed by atoms with E-state index < -0.39 is 6.04 Å². The molecule has 0 aliphatic carbocycles. The van der Waals surface area contributed by atoms with Crippen LogP contribution in [0.15, 0.2) is 0 Å². The van der Waals surface area contributed by atoms with E-state index in [9.17, 15) is 14.4 Å². The minimum Gasteiger partial charge on any atom is -0.469 e. The van der Waals surface area contributed by atoms with Gasteiger partial charge in [-0.05, 0) is 19.9 Å². The Morgan fingerprint density at radius 1 is 1.26 bits per heavy atom. The summed E-state index contributed by atoms with van der Waals surface area (Å²) >= 11 is 0. The van der Waals surface area contributed by atoms with Gasteiger partial charge in [0.15, 0.2) is 5.78 Å². The fourth-order valence-electron chi connectivity index (χ4n) is 1.67. The van der Waals surface area contributed by atoms with Gasteiger partial charge < -0.3 is 10.1 Å². The summed E-state index contributed by atoms with van der Waals surface area (Å²) in [6.45, 7) is 5.81. The third-order valence-electron chi connectivity index (χ3n) is 2.76. The van der Waals surface area contributed by atoms with Gasteiger partial charge >= 0.3 is 5.97 Å². The molecule has 0 saturated carbocycles. The number of esters is 1. The first-order valence-electron chi connectivity index (χ1n) is 6.33. The molecule has 6 heteroatoms. The van der Waals surface area contributed by atoms with Gasteiger partial charge in [0.05, 0.1) is 26.1 Å². The van der Waals surface area contributed by atoms with Crippen molar-refractivity contribution in [3.8, 4) is 0 Å². The molecule has 1 amide bonds. The van der Waals surface area contributed by atoms with E-state index in [1.807, 2.05) is 13.8 Å². The summed E-state index contributed by atoms with van der Waals surface area (Å²) in [7, 11) is 3.07. The molecule has 1 atom stereocenters. The molecule has 0 saturated heterocycles. The van der Waals surface area contributed by atoms with Crippen LogP contribution in [-0.2, 0) is 19.1 Å². The number of hydrogen-bond acceptors (Lipinski definition) is 5. The van der Waals surface area contributed by atoms with Crippen molar-refractivity contribution in [1.29, 1.82) is 0 Å². The summed E-state index contributed by atoms with van der Waals surface area (Å²) in [4.78, 5) is 35.8. The standard InChI is InChI=1S/C13H24N2O4/c1-9(2)13(10(3)16)14-11(17)8-15(4)7-6-12(18)19-5/h9,13H,6-8H2,1-5H3,(H,14,17). The summed E-state index contributed by atoms with van der Waals surface area (Å²) in [6.07, 6.45) is 0.237. The van der Waals surface area contributed by atoms with Crippen LogP contribution in [0.1, 0.15) is 27.2 Å². The SMILES string of the molecule is COC(=O)CCN(C)CC(=O)NC(C(C)=O)C(C)C. The van der Waals surface area contributed by atoms with E-state index in [-0.39, 0.29) is 36.5 Å². The Hall–Kier alpha value is -1.43. The van der Waals surface area contributed by atoms with Gasteiger partial charge in [-0.1, -0.05) is 13.8 Å². The molecule has 0 aliphatic rings. The van der Waals surface area contributed by atoms with Crippen molar-refractivity contribution in [2.24, 2.45) is 5.92 Å². The molecule has 0 bridgehead atoms. The molecular weight excluding hydrogens is 248 g/mol. The number of carbonyl (C=O) groups is 3. The molecule has 0 aromatic rings. The Morgan fingerprint density at radius 2 is 1.84 bits per heavy atom. The number of carbonyl (C=O) groups excluding carboxylic acids is 3. The largest absolute Gasteiger partial charge is 0.469 e. The molecule has 0 aliphatic heterocycles. The number of rotatable bonds is 8. The second-order valence-corrected chi connectivity index (χ2v) is 4.96. The topological polar surface area (TPSA) is 75.7 Å². The summed E-state index contributed by atoms with van der Waals surface area (Å²) in [6, 6.07) is -0.457. The van der Waals surface area contributed by atoms with Crippen LogP contribution < -0.4 is 5.32 Å². The lowest BCUT2D eigenvalue weighted by molar-refractivity contribution is -0.141. The van der Waals surface area contributed by atoms with Crippen molar-refractivity contribution in [3.63, 3.8) is 0 Å². The normalized spacial score (nSPS) is 12.4. The zero-order chi connectivity index (χ0) is 15.0. The van der Waals surface area contributed by atoms with Gasteiger partial charge in [0.25, 0.3) is 0 Å². The van der Waals surface area contributed by atoms with Crippen molar-refractivity contribution >= 4 is 17.7 Å². The number of nitrogens with one attached hydrogen (secondary N) is 1. The Balaban J connectivity index is 4.15. The van der Waals surface area contributed by atoms with Gasteiger partial charge in [-0.15, -0.1) is 0 Å². The second-order valence-electron chi connectivity index (χ2n) is 4.96. The van der Waals surface area contributed by atoms with Gasteiger partial charge in [0.2, 0.25) is 5.91 Å². The van der Waals surface area contributed by atoms with Gasteiger partial charge in [0.1, 0.15) is 0 Å². The van der Waals surface area contributed by atoms with Gasteiger partial charge in [0, 0.05) is 6.54 Å². The Morgan fingerprint density at radius 3 is 2.26 bits per heavy atom. The first kappa shape index (κ1) is 17.6. The number of nitrogens with zero attached hydrogens (tertiary/aromatic N) is 1. The van der Waals surface area contributed by atoms with Crippen LogP contribution in [0.25, 0.3) is 0 Å². The lowest BCUT2D eigenvalue weighted by atomic mass is 10.0. The molecular formula is C13H24N2O4. The van der Waals surface area contributed by atoms with Gasteiger partial charge in [-0.2, -0.15) is 0 Å². The third kappa shape index (κ3) is 7.56. The van der Waals surface area contributed by atoms with Crippen LogP contribution in [0.3, 0.4) is 0 Å². The van der Waals surface area contributed by atoms with Crippen molar-refractivity contribution in [2.45, 2.75) is 33.2 Å². The highest BCUT2D eigenvalue weighted by molar-refractivity contribution is 5.88. The van der Waals surface area contributed by atoms with E-state index in [0.29, 0.717) is 6.54 Å². The summed E-state index contributed by atoms with van der Waals surface area (Å²) in [5.41, 5.74) is 0. The maximum atomic E-state index is 11.8. The lowest BCUT2D eigenvalue weighted by Crippen LogP contribution is -2.47. The fraction of sp³-hybridized carbons (Fsp3) is 0.769. The van der Waals surface area contributed by atoms with E-state index >= 15 is 0 Å². The summed E-state index contributed by atoms with van der Waals surface area (Å²) < 4.78 is 4.52. The van der Waals surface area contributed by atoms with E-state index in [0.717, 1.165) is 0 Å². The number of methoxy groups -OCH3 is 1. The van der Waals surface area contributed by atoms with Gasteiger partial charge in [-0.25, -0.2) is 0 Å². The number of amides is 1. The van der Waals surface area contributed by atoms with Gasteiger partial charge in [-0.3, -0.25) is 19.3 Å². The zero-order valence-corrected chi connectivity index (χ0v) is 12.4. The molecule has 0 heterocycles. The number of ketones is 1. The average Bonchev–Trinajstić information content (AvgIpc) is 2.32. The van der Waals surface area contributed by atoms with E-state index in [2.05, 4.69) is 10.1 Å². The van der Waals surface area contributed by atoms with Crippen LogP contribution in [0.4, 0.5) is 0 Å². The average molecular weight is 272 g/mol. The first-order chi connectivity index (χ1) is 8.77. The Kier molecular flexibility index (Phi) is 7.98. The zero-order valence-electron chi connectivity index (χ0n) is 12.4. The van der Waals surface area contributed by atoms with Crippen LogP contribution in [0.5, 0.6) is 0 Å². The molecule has 0 aromatic heterocycles. The van der Waals surface area contributed by atoms with Crippen molar-refractivity contribution in [3.05, 3.63) is 0 Å². The molecule has 1 N–H and O–H groups in total. The molecule has 0 radical (unpaired) electrons. The number of likely N-dealkylation sites (N-methyl/N-ethyl adjacent to an activating group) is 1.